The molecule has 0 saturated heterocycles. The van der Waals surface area contributed by atoms with E-state index in [1.807, 2.05) is 0 Å². The fourth-order valence-electron chi connectivity index (χ4n) is 2.03. The van der Waals surface area contributed by atoms with Crippen molar-refractivity contribution in [3.8, 4) is 11.3 Å². The molecule has 0 aliphatic heterocycles. The first-order valence-corrected chi connectivity index (χ1v) is 6.78. The van der Waals surface area contributed by atoms with E-state index in [4.69, 9.17) is 0 Å². The molecule has 1 aromatic carbocycles. The van der Waals surface area contributed by atoms with Crippen LogP contribution in [0.25, 0.3) is 17.3 Å². The zero-order valence-electron chi connectivity index (χ0n) is 12.2. The lowest BCUT2D eigenvalue weighted by atomic mass is 10.1. The van der Waals surface area contributed by atoms with Crippen molar-refractivity contribution >= 4 is 23.7 Å². The molecule has 124 valence electrons. The first-order chi connectivity index (χ1) is 11.4. The van der Waals surface area contributed by atoms with Gasteiger partial charge in [0.2, 0.25) is 0 Å². The molecule has 1 heterocycles. The van der Waals surface area contributed by atoms with E-state index in [0.717, 1.165) is 6.08 Å². The van der Waals surface area contributed by atoms with Crippen LogP contribution in [0.3, 0.4) is 0 Å². The number of carboxylic acids is 2. The van der Waals surface area contributed by atoms with Crippen molar-refractivity contribution in [1.82, 2.24) is 9.78 Å². The summed E-state index contributed by atoms with van der Waals surface area (Å²) < 4.78 is 1.30. The third-order valence-corrected chi connectivity index (χ3v) is 3.06. The summed E-state index contributed by atoms with van der Waals surface area (Å²) in [5.74, 6) is -2.67. The highest BCUT2D eigenvalue weighted by Gasteiger charge is 2.13. The minimum absolute atomic E-state index is 0.0173. The predicted octanol–water partition coefficient (Wildman–Crippen LogP) is -0.639. The quantitative estimate of drug-likeness (QED) is 0.373. The second-order valence-electron chi connectivity index (χ2n) is 4.78. The molecule has 9 heteroatoms. The number of carbonyl (C=O) groups is 2. The number of hydrogen-bond acceptors (Lipinski definition) is 7. The van der Waals surface area contributed by atoms with Crippen LogP contribution in [0.5, 0.6) is 0 Å². The molecule has 0 atom stereocenters. The zero-order chi connectivity index (χ0) is 17.7. The van der Waals surface area contributed by atoms with Gasteiger partial charge >= 0.3 is 0 Å². The monoisotopic (exact) mass is 329 g/mol. The van der Waals surface area contributed by atoms with Gasteiger partial charge in [0.25, 0.3) is 5.69 Å². The van der Waals surface area contributed by atoms with Crippen LogP contribution in [0.15, 0.2) is 36.5 Å². The van der Waals surface area contributed by atoms with Crippen molar-refractivity contribution in [3.63, 3.8) is 0 Å². The van der Waals surface area contributed by atoms with E-state index in [1.165, 1.54) is 35.2 Å². The first-order valence-electron chi connectivity index (χ1n) is 6.78. The number of aryl methyl sites for hydroxylation is 1. The summed E-state index contributed by atoms with van der Waals surface area (Å²) in [4.78, 5) is 31.4. The van der Waals surface area contributed by atoms with E-state index >= 15 is 0 Å². The number of aliphatic carboxylic acids is 2. The topological polar surface area (TPSA) is 141 Å². The standard InChI is InChI=1S/C15H13N3O6/c19-13(20)5-4-11-9-17(7-6-14(21)22)16-15(11)10-2-1-3-12(8-10)18(23)24/h1-5,8-9H,6-7H2,(H,19,20)(H,21,22)/p-2/b5-4+. The summed E-state index contributed by atoms with van der Waals surface area (Å²) in [6.07, 6.45) is 3.18. The summed E-state index contributed by atoms with van der Waals surface area (Å²) in [6, 6.07) is 5.66. The molecule has 0 N–H and O–H groups in total. The van der Waals surface area contributed by atoms with Gasteiger partial charge in [0.15, 0.2) is 0 Å². The van der Waals surface area contributed by atoms with E-state index < -0.39 is 16.9 Å². The Morgan fingerprint density at radius 1 is 1.29 bits per heavy atom. The van der Waals surface area contributed by atoms with Crippen molar-refractivity contribution in [3.05, 3.63) is 52.2 Å². The van der Waals surface area contributed by atoms with Crippen LogP contribution in [-0.4, -0.2) is 26.6 Å². The Morgan fingerprint density at radius 2 is 2.04 bits per heavy atom. The van der Waals surface area contributed by atoms with E-state index in [1.54, 1.807) is 6.07 Å². The van der Waals surface area contributed by atoms with Crippen LogP contribution in [0.2, 0.25) is 0 Å². The van der Waals surface area contributed by atoms with Gasteiger partial charge in [-0.05, 0) is 12.2 Å². The molecule has 0 amide bonds. The molecule has 1 aromatic heterocycles. The lowest BCUT2D eigenvalue weighted by Crippen LogP contribution is -2.23. The Kier molecular flexibility index (Phi) is 5.05. The van der Waals surface area contributed by atoms with Gasteiger partial charge < -0.3 is 19.8 Å². The number of carboxylic acid groups (broad SMARTS) is 2. The molecule has 0 bridgehead atoms. The van der Waals surface area contributed by atoms with Crippen molar-refractivity contribution in [2.24, 2.45) is 0 Å². The lowest BCUT2D eigenvalue weighted by Gasteiger charge is -2.02. The van der Waals surface area contributed by atoms with Gasteiger partial charge in [-0.25, -0.2) is 0 Å². The van der Waals surface area contributed by atoms with Crippen LogP contribution in [0.1, 0.15) is 12.0 Å². The molecule has 24 heavy (non-hydrogen) atoms. The molecule has 2 aromatic rings. The molecular weight excluding hydrogens is 318 g/mol. The third-order valence-electron chi connectivity index (χ3n) is 3.06. The van der Waals surface area contributed by atoms with Crippen molar-refractivity contribution in [1.29, 1.82) is 0 Å². The molecule has 0 unspecified atom stereocenters. The summed E-state index contributed by atoms with van der Waals surface area (Å²) >= 11 is 0. The number of nitro benzene ring substituents is 1. The lowest BCUT2D eigenvalue weighted by molar-refractivity contribution is -0.384. The fourth-order valence-corrected chi connectivity index (χ4v) is 2.03. The average Bonchev–Trinajstić information content (AvgIpc) is 2.94. The first kappa shape index (κ1) is 16.9. The second kappa shape index (κ2) is 7.18. The maximum absolute atomic E-state index is 10.9. The van der Waals surface area contributed by atoms with Gasteiger partial charge in [0.1, 0.15) is 0 Å². The van der Waals surface area contributed by atoms with E-state index in [2.05, 4.69) is 5.10 Å². The molecule has 2 rings (SSSR count). The zero-order valence-corrected chi connectivity index (χ0v) is 12.2. The number of benzene rings is 1. The van der Waals surface area contributed by atoms with Gasteiger partial charge in [-0.1, -0.05) is 12.1 Å². The Balaban J connectivity index is 2.45. The predicted molar refractivity (Wildman–Crippen MR) is 78.0 cm³/mol. The number of non-ortho nitro benzene ring substituents is 1. The summed E-state index contributed by atoms with van der Waals surface area (Å²) in [6.45, 7) is 0.0173. The molecule has 0 aliphatic carbocycles. The van der Waals surface area contributed by atoms with E-state index in [9.17, 15) is 29.9 Å². The largest absolute Gasteiger partial charge is 0.550 e. The smallest absolute Gasteiger partial charge is 0.270 e. The van der Waals surface area contributed by atoms with Crippen molar-refractivity contribution < 1.29 is 24.7 Å². The van der Waals surface area contributed by atoms with Crippen molar-refractivity contribution in [2.45, 2.75) is 13.0 Å². The van der Waals surface area contributed by atoms with Gasteiger partial charge in [-0.3, -0.25) is 14.8 Å². The number of nitrogens with zero attached hydrogens (tertiary/aromatic N) is 3. The van der Waals surface area contributed by atoms with Crippen LogP contribution < -0.4 is 10.2 Å². The van der Waals surface area contributed by atoms with Crippen LogP contribution in [0.4, 0.5) is 5.69 Å². The maximum atomic E-state index is 10.9. The van der Waals surface area contributed by atoms with Gasteiger partial charge in [0, 0.05) is 48.4 Å². The summed E-state index contributed by atoms with van der Waals surface area (Å²) in [7, 11) is 0. The molecule has 0 radical (unpaired) electrons. The highest BCUT2D eigenvalue weighted by Crippen LogP contribution is 2.26. The van der Waals surface area contributed by atoms with E-state index in [0.29, 0.717) is 11.1 Å². The van der Waals surface area contributed by atoms with Gasteiger partial charge in [0.05, 0.1) is 16.6 Å². The summed E-state index contributed by atoms with van der Waals surface area (Å²) in [5.41, 5.74) is 0.897. The summed E-state index contributed by atoms with van der Waals surface area (Å²) in [5, 5.41) is 36.2. The SMILES string of the molecule is O=C([O-])/C=C/c1cn(CCC(=O)[O-])nc1-c1cccc([N+](=O)[O-])c1. The number of hydrogen-bond donors (Lipinski definition) is 0. The Morgan fingerprint density at radius 3 is 2.67 bits per heavy atom. The normalized spacial score (nSPS) is 10.8. The molecule has 0 fully saturated rings. The van der Waals surface area contributed by atoms with Crippen LogP contribution in [-0.2, 0) is 16.1 Å². The minimum atomic E-state index is -1.41. The number of nitro groups is 1. The highest BCUT2D eigenvalue weighted by molar-refractivity contribution is 5.86. The molecule has 9 nitrogen and oxygen atoms in total. The maximum Gasteiger partial charge on any atom is 0.270 e. The van der Waals surface area contributed by atoms with E-state index in [-0.39, 0.29) is 24.3 Å². The van der Waals surface area contributed by atoms with Crippen LogP contribution >= 0.6 is 0 Å². The van der Waals surface area contributed by atoms with Crippen molar-refractivity contribution in [2.75, 3.05) is 0 Å². The molecule has 0 aliphatic rings. The highest BCUT2D eigenvalue weighted by atomic mass is 16.6. The Labute approximate surface area is 135 Å². The van der Waals surface area contributed by atoms with Crippen LogP contribution in [0, 0.1) is 10.1 Å². The molecular formula is C15H11N3O6-2. The van der Waals surface area contributed by atoms with Gasteiger partial charge in [-0.2, -0.15) is 5.10 Å². The number of aromatic nitrogens is 2. The third kappa shape index (κ3) is 4.26. The molecule has 0 saturated carbocycles. The average molecular weight is 329 g/mol. The number of carbonyl (C=O) groups excluding carboxylic acids is 2. The minimum Gasteiger partial charge on any atom is -0.550 e. The van der Waals surface area contributed by atoms with Gasteiger partial charge in [-0.15, -0.1) is 0 Å². The number of rotatable bonds is 7. The Bertz CT molecular complexity index is 824. The molecule has 0 spiro atoms. The fraction of sp³-hybridized carbons (Fsp3) is 0.133. The second-order valence-corrected chi connectivity index (χ2v) is 4.78. The Hall–Kier alpha value is -3.49.